The lowest BCUT2D eigenvalue weighted by Crippen LogP contribution is -2.19. The Morgan fingerprint density at radius 3 is 3.00 bits per heavy atom. The van der Waals surface area contributed by atoms with Gasteiger partial charge in [0.2, 0.25) is 0 Å². The maximum Gasteiger partial charge on any atom is 0.295 e. The summed E-state index contributed by atoms with van der Waals surface area (Å²) >= 11 is 0. The van der Waals surface area contributed by atoms with Crippen LogP contribution in [0.3, 0.4) is 0 Å². The molecule has 0 saturated carbocycles. The minimum atomic E-state index is -0.583. The van der Waals surface area contributed by atoms with Gasteiger partial charge in [0.05, 0.1) is 17.1 Å². The summed E-state index contributed by atoms with van der Waals surface area (Å²) in [6, 6.07) is 2.41. The Labute approximate surface area is 104 Å². The Kier molecular flexibility index (Phi) is 3.76. The molecule has 1 heterocycles. The lowest BCUT2D eigenvalue weighted by Gasteiger charge is -2.12. The summed E-state index contributed by atoms with van der Waals surface area (Å²) in [5.74, 6) is -0.565. The van der Waals surface area contributed by atoms with Gasteiger partial charge < -0.3 is 10.1 Å². The average Bonchev–Trinajstić information content (AvgIpc) is 2.83. The van der Waals surface area contributed by atoms with E-state index in [2.05, 4.69) is 5.32 Å². The lowest BCUT2D eigenvalue weighted by atomic mass is 10.1. The zero-order valence-corrected chi connectivity index (χ0v) is 10.1. The molecule has 0 aromatic heterocycles. The molecular formula is C12H15FN2O3. The van der Waals surface area contributed by atoms with Crippen LogP contribution in [0.2, 0.25) is 0 Å². The Morgan fingerprint density at radius 1 is 1.61 bits per heavy atom. The number of ether oxygens (including phenoxy) is 1. The van der Waals surface area contributed by atoms with E-state index in [9.17, 15) is 14.5 Å². The maximum atomic E-state index is 13.3. The maximum absolute atomic E-state index is 13.3. The van der Waals surface area contributed by atoms with E-state index < -0.39 is 10.7 Å². The number of nitrogens with zero attached hydrogens (tertiary/aromatic N) is 1. The van der Waals surface area contributed by atoms with Gasteiger partial charge in [-0.15, -0.1) is 0 Å². The van der Waals surface area contributed by atoms with E-state index in [1.165, 1.54) is 6.07 Å². The normalized spacial score (nSPS) is 18.9. The minimum absolute atomic E-state index is 0.0787. The van der Waals surface area contributed by atoms with Crippen molar-refractivity contribution in [2.75, 3.05) is 18.5 Å². The van der Waals surface area contributed by atoms with Crippen LogP contribution in [0.15, 0.2) is 12.1 Å². The molecule has 0 radical (unpaired) electrons. The fourth-order valence-corrected chi connectivity index (χ4v) is 1.99. The monoisotopic (exact) mass is 254 g/mol. The van der Waals surface area contributed by atoms with Crippen molar-refractivity contribution in [2.24, 2.45) is 0 Å². The van der Waals surface area contributed by atoms with Crippen LogP contribution in [0.4, 0.5) is 15.8 Å². The SMILES string of the molecule is Cc1cc(NCC2CCCO2)c([N+](=O)[O-])cc1F. The zero-order chi connectivity index (χ0) is 13.1. The first kappa shape index (κ1) is 12.8. The molecule has 1 aromatic rings. The number of halogens is 1. The van der Waals surface area contributed by atoms with Crippen molar-refractivity contribution in [1.82, 2.24) is 0 Å². The van der Waals surface area contributed by atoms with Crippen LogP contribution in [-0.4, -0.2) is 24.2 Å². The summed E-state index contributed by atoms with van der Waals surface area (Å²) in [6.45, 7) is 2.82. The van der Waals surface area contributed by atoms with E-state index in [1.54, 1.807) is 6.92 Å². The van der Waals surface area contributed by atoms with Gasteiger partial charge in [-0.3, -0.25) is 10.1 Å². The smallest absolute Gasteiger partial charge is 0.295 e. The van der Waals surface area contributed by atoms with Crippen molar-refractivity contribution in [3.8, 4) is 0 Å². The number of benzene rings is 1. The number of hydrogen-bond acceptors (Lipinski definition) is 4. The molecule has 0 spiro atoms. The fourth-order valence-electron chi connectivity index (χ4n) is 1.99. The van der Waals surface area contributed by atoms with Gasteiger partial charge in [0, 0.05) is 13.2 Å². The standard InChI is InChI=1S/C12H15FN2O3/c1-8-5-11(12(15(16)17)6-10(8)13)14-7-9-3-2-4-18-9/h5-6,9,14H,2-4,7H2,1H3. The predicted octanol–water partition coefficient (Wildman–Crippen LogP) is 2.63. The summed E-state index contributed by atoms with van der Waals surface area (Å²) in [5, 5.41) is 13.8. The Balaban J connectivity index is 2.14. The van der Waals surface area contributed by atoms with E-state index in [0.29, 0.717) is 17.8 Å². The second-order valence-electron chi connectivity index (χ2n) is 4.39. The number of anilines is 1. The molecule has 2 rings (SSSR count). The fraction of sp³-hybridized carbons (Fsp3) is 0.500. The molecule has 6 heteroatoms. The molecule has 1 unspecified atom stereocenters. The first-order valence-electron chi connectivity index (χ1n) is 5.88. The molecule has 18 heavy (non-hydrogen) atoms. The van der Waals surface area contributed by atoms with E-state index in [1.807, 2.05) is 0 Å². The highest BCUT2D eigenvalue weighted by atomic mass is 19.1. The van der Waals surface area contributed by atoms with Crippen LogP contribution in [0.25, 0.3) is 0 Å². The second-order valence-corrected chi connectivity index (χ2v) is 4.39. The lowest BCUT2D eigenvalue weighted by molar-refractivity contribution is -0.384. The molecule has 1 aliphatic heterocycles. The van der Waals surface area contributed by atoms with Crippen LogP contribution in [0.1, 0.15) is 18.4 Å². The van der Waals surface area contributed by atoms with Crippen molar-refractivity contribution in [1.29, 1.82) is 0 Å². The van der Waals surface area contributed by atoms with Gasteiger partial charge in [-0.2, -0.15) is 0 Å². The Hall–Kier alpha value is -1.69. The third-order valence-electron chi connectivity index (χ3n) is 3.02. The average molecular weight is 254 g/mol. The van der Waals surface area contributed by atoms with Crippen LogP contribution in [-0.2, 0) is 4.74 Å². The number of hydrogen-bond donors (Lipinski definition) is 1. The molecule has 1 aliphatic rings. The van der Waals surface area contributed by atoms with E-state index in [-0.39, 0.29) is 11.8 Å². The van der Waals surface area contributed by atoms with Crippen molar-refractivity contribution in [3.63, 3.8) is 0 Å². The first-order chi connectivity index (χ1) is 8.58. The molecule has 1 aromatic carbocycles. The van der Waals surface area contributed by atoms with Gasteiger partial charge in [-0.1, -0.05) is 0 Å². The van der Waals surface area contributed by atoms with Crippen molar-refractivity contribution >= 4 is 11.4 Å². The molecule has 1 atom stereocenters. The summed E-state index contributed by atoms with van der Waals surface area (Å²) < 4.78 is 18.7. The van der Waals surface area contributed by atoms with Gasteiger partial charge in [-0.05, 0) is 31.4 Å². The van der Waals surface area contributed by atoms with Gasteiger partial charge in [0.1, 0.15) is 11.5 Å². The number of rotatable bonds is 4. The van der Waals surface area contributed by atoms with Crippen molar-refractivity contribution in [2.45, 2.75) is 25.9 Å². The topological polar surface area (TPSA) is 64.4 Å². The summed E-state index contributed by atoms with van der Waals surface area (Å²) in [6.07, 6.45) is 2.03. The minimum Gasteiger partial charge on any atom is -0.377 e. The molecule has 98 valence electrons. The largest absolute Gasteiger partial charge is 0.377 e. The highest BCUT2D eigenvalue weighted by molar-refractivity contribution is 5.63. The summed E-state index contributed by atoms with van der Waals surface area (Å²) in [4.78, 5) is 10.3. The number of aryl methyl sites for hydroxylation is 1. The predicted molar refractivity (Wildman–Crippen MR) is 65.3 cm³/mol. The molecule has 0 amide bonds. The van der Waals surface area contributed by atoms with Crippen LogP contribution >= 0.6 is 0 Å². The third kappa shape index (κ3) is 2.76. The van der Waals surface area contributed by atoms with Crippen LogP contribution < -0.4 is 5.32 Å². The quantitative estimate of drug-likeness (QED) is 0.662. The van der Waals surface area contributed by atoms with Gasteiger partial charge in [0.15, 0.2) is 0 Å². The molecule has 0 aliphatic carbocycles. The number of nitro benzene ring substituents is 1. The third-order valence-corrected chi connectivity index (χ3v) is 3.02. The molecule has 1 saturated heterocycles. The van der Waals surface area contributed by atoms with Gasteiger partial charge >= 0.3 is 0 Å². The highest BCUT2D eigenvalue weighted by Crippen LogP contribution is 2.28. The Bertz CT molecular complexity index is 459. The molecular weight excluding hydrogens is 239 g/mol. The van der Waals surface area contributed by atoms with Crippen LogP contribution in [0.5, 0.6) is 0 Å². The number of nitrogens with one attached hydrogen (secondary N) is 1. The van der Waals surface area contributed by atoms with E-state index in [0.717, 1.165) is 25.5 Å². The highest BCUT2D eigenvalue weighted by Gasteiger charge is 2.20. The van der Waals surface area contributed by atoms with Crippen molar-refractivity contribution in [3.05, 3.63) is 33.6 Å². The molecule has 1 N–H and O–H groups in total. The first-order valence-corrected chi connectivity index (χ1v) is 5.88. The van der Waals surface area contributed by atoms with E-state index in [4.69, 9.17) is 4.74 Å². The summed E-state index contributed by atoms with van der Waals surface area (Å²) in [7, 11) is 0. The van der Waals surface area contributed by atoms with E-state index >= 15 is 0 Å². The van der Waals surface area contributed by atoms with Gasteiger partial charge in [-0.25, -0.2) is 4.39 Å². The summed E-state index contributed by atoms with van der Waals surface area (Å²) in [5.41, 5.74) is 0.487. The second kappa shape index (κ2) is 5.30. The molecule has 1 fully saturated rings. The number of nitro groups is 1. The molecule has 5 nitrogen and oxygen atoms in total. The van der Waals surface area contributed by atoms with Gasteiger partial charge in [0.25, 0.3) is 5.69 Å². The zero-order valence-electron chi connectivity index (χ0n) is 10.1. The molecule has 0 bridgehead atoms. The van der Waals surface area contributed by atoms with Crippen LogP contribution in [0, 0.1) is 22.9 Å². The van der Waals surface area contributed by atoms with Crippen molar-refractivity contribution < 1.29 is 14.1 Å². The Morgan fingerprint density at radius 2 is 2.39 bits per heavy atom.